The lowest BCUT2D eigenvalue weighted by Gasteiger charge is -2.15. The molecule has 214 valence electrons. The first-order chi connectivity index (χ1) is 20.8. The molecule has 2 heterocycles. The molecule has 4 aromatic rings. The third-order valence-corrected chi connectivity index (χ3v) is 8.01. The van der Waals surface area contributed by atoms with E-state index in [4.69, 9.17) is 21.1 Å². The van der Waals surface area contributed by atoms with Crippen molar-refractivity contribution in [2.45, 2.75) is 16.7 Å². The first-order valence-corrected chi connectivity index (χ1v) is 14.2. The third kappa shape index (κ3) is 6.59. The number of anilines is 1. The smallest absolute Gasteiger partial charge is 0.338 e. The summed E-state index contributed by atoms with van der Waals surface area (Å²) in [6.07, 6.45) is -0.0873. The fourth-order valence-electron chi connectivity index (χ4n) is 4.34. The van der Waals surface area contributed by atoms with Crippen LogP contribution in [-0.4, -0.2) is 47.5 Å². The number of hydrogen-bond donors (Lipinski definition) is 0. The van der Waals surface area contributed by atoms with E-state index in [0.717, 1.165) is 22.2 Å². The number of nitriles is 1. The molecule has 0 spiro atoms. The molecule has 3 aromatic carbocycles. The lowest BCUT2D eigenvalue weighted by molar-refractivity contribution is -0.121. The van der Waals surface area contributed by atoms with Crippen molar-refractivity contribution in [1.82, 2.24) is 4.98 Å². The van der Waals surface area contributed by atoms with Crippen LogP contribution >= 0.6 is 23.4 Å². The molecule has 1 aliphatic rings. The number of methoxy groups -OCH3 is 1. The summed E-state index contributed by atoms with van der Waals surface area (Å²) in [6, 6.07) is 24.7. The molecule has 11 heteroatoms. The van der Waals surface area contributed by atoms with E-state index >= 15 is 0 Å². The largest absolute Gasteiger partial charge is 0.497 e. The van der Waals surface area contributed by atoms with Crippen LogP contribution in [0.3, 0.4) is 0 Å². The summed E-state index contributed by atoms with van der Waals surface area (Å²) in [6.45, 7) is -0.456. The van der Waals surface area contributed by atoms with Crippen LogP contribution in [0.15, 0.2) is 90.0 Å². The first-order valence-electron chi connectivity index (χ1n) is 12.9. The number of nitrogens with zero attached hydrogens (tertiary/aromatic N) is 3. The average Bonchev–Trinajstić information content (AvgIpc) is 3.31. The van der Waals surface area contributed by atoms with Gasteiger partial charge in [0.2, 0.25) is 11.8 Å². The number of esters is 1. The van der Waals surface area contributed by atoms with Gasteiger partial charge in [0, 0.05) is 22.6 Å². The van der Waals surface area contributed by atoms with E-state index in [1.807, 2.05) is 18.2 Å². The second-order valence-electron chi connectivity index (χ2n) is 9.32. The molecule has 1 unspecified atom stereocenters. The van der Waals surface area contributed by atoms with Gasteiger partial charge in [-0.2, -0.15) is 5.26 Å². The summed E-state index contributed by atoms with van der Waals surface area (Å²) in [4.78, 5) is 56.7. The maximum Gasteiger partial charge on any atom is 0.338 e. The van der Waals surface area contributed by atoms with Gasteiger partial charge in [0.05, 0.1) is 34.9 Å². The highest BCUT2D eigenvalue weighted by Crippen LogP contribution is 2.36. The minimum absolute atomic E-state index is 0.0873. The van der Waals surface area contributed by atoms with E-state index in [1.54, 1.807) is 37.4 Å². The number of amides is 2. The fourth-order valence-corrected chi connectivity index (χ4v) is 5.56. The number of rotatable bonds is 9. The maximum atomic E-state index is 13.3. The van der Waals surface area contributed by atoms with Crippen molar-refractivity contribution in [3.63, 3.8) is 0 Å². The highest BCUT2D eigenvalue weighted by molar-refractivity contribution is 8.00. The van der Waals surface area contributed by atoms with Crippen molar-refractivity contribution in [3.8, 4) is 23.1 Å². The van der Waals surface area contributed by atoms with Crippen molar-refractivity contribution >= 4 is 52.6 Å². The van der Waals surface area contributed by atoms with Gasteiger partial charge in [-0.3, -0.25) is 14.4 Å². The number of ketones is 1. The summed E-state index contributed by atoms with van der Waals surface area (Å²) in [5.74, 6) is -1.35. The Bertz CT molecular complexity index is 1770. The Kier molecular flexibility index (Phi) is 8.85. The predicted octanol–water partition coefficient (Wildman–Crippen LogP) is 5.75. The minimum atomic E-state index is -0.795. The molecular formula is C32H22ClN3O6S. The number of ether oxygens (including phenoxy) is 2. The van der Waals surface area contributed by atoms with Crippen LogP contribution in [0, 0.1) is 11.3 Å². The Morgan fingerprint density at radius 3 is 2.44 bits per heavy atom. The van der Waals surface area contributed by atoms with Crippen molar-refractivity contribution in [2.24, 2.45) is 0 Å². The number of carbonyl (C=O) groups excluding carboxylic acids is 4. The second-order valence-corrected chi connectivity index (χ2v) is 11.0. The van der Waals surface area contributed by atoms with Crippen molar-refractivity contribution in [2.75, 3.05) is 18.6 Å². The number of benzene rings is 3. The van der Waals surface area contributed by atoms with Crippen LogP contribution in [0.25, 0.3) is 11.3 Å². The van der Waals surface area contributed by atoms with Crippen LogP contribution in [0.2, 0.25) is 5.02 Å². The SMILES string of the molecule is COc1cccc(-c2ccc(C#N)c(SC3CC(=O)N(c4ccc(C(=O)OCC(=O)c5ccc(Cl)cc5)cc4)C3=O)n2)c1. The normalized spacial score (nSPS) is 14.3. The predicted molar refractivity (Wildman–Crippen MR) is 160 cm³/mol. The zero-order valence-electron chi connectivity index (χ0n) is 22.7. The van der Waals surface area contributed by atoms with Crippen LogP contribution in [0.1, 0.15) is 32.7 Å². The van der Waals surface area contributed by atoms with E-state index in [2.05, 4.69) is 11.1 Å². The Balaban J connectivity index is 1.26. The van der Waals surface area contributed by atoms with Gasteiger partial charge < -0.3 is 9.47 Å². The number of pyridine rings is 1. The highest BCUT2D eigenvalue weighted by atomic mass is 35.5. The minimum Gasteiger partial charge on any atom is -0.497 e. The highest BCUT2D eigenvalue weighted by Gasteiger charge is 2.41. The number of Topliss-reactive ketones (excluding diaryl/α,β-unsaturated/α-hetero) is 1. The lowest BCUT2D eigenvalue weighted by atomic mass is 10.1. The van der Waals surface area contributed by atoms with Gasteiger partial charge in [0.1, 0.15) is 16.8 Å². The van der Waals surface area contributed by atoms with Crippen molar-refractivity contribution in [1.29, 1.82) is 5.26 Å². The van der Waals surface area contributed by atoms with Gasteiger partial charge in [-0.05, 0) is 72.8 Å². The Morgan fingerprint density at radius 2 is 1.74 bits per heavy atom. The number of imide groups is 1. The lowest BCUT2D eigenvalue weighted by Crippen LogP contribution is -2.31. The van der Waals surface area contributed by atoms with Gasteiger partial charge in [-0.25, -0.2) is 14.7 Å². The second kappa shape index (κ2) is 12.9. The topological polar surface area (TPSA) is 127 Å². The molecule has 1 aliphatic heterocycles. The summed E-state index contributed by atoms with van der Waals surface area (Å²) >= 11 is 6.89. The van der Waals surface area contributed by atoms with Crippen LogP contribution < -0.4 is 9.64 Å². The van der Waals surface area contributed by atoms with Crippen LogP contribution in [0.4, 0.5) is 5.69 Å². The van der Waals surface area contributed by atoms with Crippen molar-refractivity contribution in [3.05, 3.63) is 107 Å². The molecule has 1 aromatic heterocycles. The van der Waals surface area contributed by atoms with Gasteiger partial charge in [0.25, 0.3) is 0 Å². The zero-order valence-corrected chi connectivity index (χ0v) is 24.2. The number of hydrogen-bond acceptors (Lipinski definition) is 9. The Morgan fingerprint density at radius 1 is 1.02 bits per heavy atom. The molecule has 1 atom stereocenters. The standard InChI is InChI=1S/C32H22ClN3O6S/c1-41-25-4-2-3-21(15-25)26-14-9-22(17-34)30(35-26)43-28-16-29(38)36(31(28)39)24-12-7-20(8-13-24)32(40)42-18-27(37)19-5-10-23(33)11-6-19/h2-15,28H,16,18H2,1H3. The Labute approximate surface area is 256 Å². The number of halogens is 1. The summed E-state index contributed by atoms with van der Waals surface area (Å²) in [5, 5.41) is 9.67. The molecule has 1 saturated heterocycles. The Hall–Kier alpha value is -4.98. The molecule has 0 bridgehead atoms. The van der Waals surface area contributed by atoms with E-state index in [9.17, 15) is 24.4 Å². The molecule has 9 nitrogen and oxygen atoms in total. The third-order valence-electron chi connectivity index (χ3n) is 6.57. The zero-order chi connectivity index (χ0) is 30.5. The van der Waals surface area contributed by atoms with E-state index in [0.29, 0.717) is 27.1 Å². The summed E-state index contributed by atoms with van der Waals surface area (Å²) in [5.41, 5.74) is 2.43. The van der Waals surface area contributed by atoms with E-state index in [-0.39, 0.29) is 29.0 Å². The quantitative estimate of drug-likeness (QED) is 0.132. The number of carbonyl (C=O) groups is 4. The monoisotopic (exact) mass is 611 g/mol. The number of aromatic nitrogens is 1. The molecule has 0 aliphatic carbocycles. The molecule has 0 radical (unpaired) electrons. The molecule has 0 saturated carbocycles. The van der Waals surface area contributed by atoms with Gasteiger partial charge >= 0.3 is 5.97 Å². The van der Waals surface area contributed by atoms with Crippen LogP contribution in [-0.2, 0) is 14.3 Å². The molecular weight excluding hydrogens is 590 g/mol. The van der Waals surface area contributed by atoms with E-state index < -0.39 is 29.6 Å². The summed E-state index contributed by atoms with van der Waals surface area (Å²) in [7, 11) is 1.56. The average molecular weight is 612 g/mol. The first kappa shape index (κ1) is 29.5. The molecule has 2 amide bonds. The van der Waals surface area contributed by atoms with Gasteiger partial charge in [0.15, 0.2) is 12.4 Å². The van der Waals surface area contributed by atoms with Crippen molar-refractivity contribution < 1.29 is 28.7 Å². The fraction of sp³-hybridized carbons (Fsp3) is 0.125. The molecule has 1 fully saturated rings. The van der Waals surface area contributed by atoms with Gasteiger partial charge in [-0.15, -0.1) is 0 Å². The molecule has 43 heavy (non-hydrogen) atoms. The molecule has 0 N–H and O–H groups in total. The number of thioether (sulfide) groups is 1. The van der Waals surface area contributed by atoms with Crippen LogP contribution in [0.5, 0.6) is 5.75 Å². The summed E-state index contributed by atoms with van der Waals surface area (Å²) < 4.78 is 10.4. The maximum absolute atomic E-state index is 13.3. The van der Waals surface area contributed by atoms with E-state index in [1.165, 1.54) is 36.4 Å². The van der Waals surface area contributed by atoms with Gasteiger partial charge in [-0.1, -0.05) is 35.5 Å². The molecule has 5 rings (SSSR count).